The van der Waals surface area contributed by atoms with Crippen molar-refractivity contribution in [3.8, 4) is 0 Å². The number of fused-ring (bicyclic) bond motifs is 1. The number of alkyl halides is 3. The summed E-state index contributed by atoms with van der Waals surface area (Å²) in [6.07, 6.45) is -4.51. The number of aromatic nitrogens is 1. The van der Waals surface area contributed by atoms with E-state index in [-0.39, 0.29) is 17.5 Å². The lowest BCUT2D eigenvalue weighted by Gasteiger charge is -2.04. The van der Waals surface area contributed by atoms with Crippen LogP contribution in [0.4, 0.5) is 18.9 Å². The molecule has 2 amide bonds. The highest BCUT2D eigenvalue weighted by atomic mass is 19.4. The summed E-state index contributed by atoms with van der Waals surface area (Å²) in [4.78, 5) is 26.1. The first kappa shape index (κ1) is 15.6. The topological polar surface area (TPSA) is 110 Å². The van der Waals surface area contributed by atoms with Gasteiger partial charge in [-0.2, -0.15) is 13.2 Å². The van der Waals surface area contributed by atoms with Crippen molar-refractivity contribution >= 4 is 28.6 Å². The number of amides is 2. The number of pyridine rings is 1. The Morgan fingerprint density at radius 2 is 2.00 bits per heavy atom. The van der Waals surface area contributed by atoms with Gasteiger partial charge in [-0.1, -0.05) is 6.92 Å². The van der Waals surface area contributed by atoms with E-state index in [1.54, 1.807) is 6.92 Å². The predicted octanol–water partition coefficient (Wildman–Crippen LogP) is 1.60. The number of rotatable bonds is 2. The van der Waals surface area contributed by atoms with Crippen molar-refractivity contribution in [3.05, 3.63) is 23.6 Å². The largest absolute Gasteiger partial charge is 0.433 e. The molecular formula is C12H11F3N4O3. The molecule has 2 heterocycles. The molecule has 0 saturated heterocycles. The number of nitrogen functional groups attached to an aromatic ring is 1. The Balaban J connectivity index is 2.34. The molecule has 0 aliphatic rings. The maximum absolute atomic E-state index is 12.6. The number of hydrazine groups is 1. The lowest BCUT2D eigenvalue weighted by Crippen LogP contribution is -2.41. The smallest absolute Gasteiger partial charge is 0.430 e. The van der Waals surface area contributed by atoms with E-state index in [4.69, 9.17) is 10.2 Å². The Morgan fingerprint density at radius 1 is 1.32 bits per heavy atom. The van der Waals surface area contributed by atoms with Gasteiger partial charge in [0.15, 0.2) is 0 Å². The molecule has 0 saturated carbocycles. The molecule has 0 radical (unpaired) electrons. The summed E-state index contributed by atoms with van der Waals surface area (Å²) in [6, 6.07) is 1.79. The monoisotopic (exact) mass is 316 g/mol. The van der Waals surface area contributed by atoms with Gasteiger partial charge in [0, 0.05) is 6.42 Å². The molecule has 0 aromatic carbocycles. The molecule has 2 aromatic heterocycles. The molecule has 0 aliphatic heterocycles. The third-order valence-electron chi connectivity index (χ3n) is 2.73. The van der Waals surface area contributed by atoms with Gasteiger partial charge in [0.2, 0.25) is 17.4 Å². The summed E-state index contributed by atoms with van der Waals surface area (Å²) in [5.41, 5.74) is 8.02. The predicted molar refractivity (Wildman–Crippen MR) is 69.3 cm³/mol. The van der Waals surface area contributed by atoms with Crippen LogP contribution in [-0.2, 0) is 11.0 Å². The SMILES string of the molecule is CCC(=O)NNC(=O)c1oc2nc(C(F)(F)F)ccc2c1N. The number of hydrogen-bond acceptors (Lipinski definition) is 5. The van der Waals surface area contributed by atoms with Gasteiger partial charge >= 0.3 is 12.1 Å². The van der Waals surface area contributed by atoms with Crippen molar-refractivity contribution in [1.82, 2.24) is 15.8 Å². The van der Waals surface area contributed by atoms with Crippen LogP contribution in [0, 0.1) is 0 Å². The molecule has 10 heteroatoms. The average molecular weight is 316 g/mol. The number of carbonyl (C=O) groups excluding carboxylic acids is 2. The molecule has 0 bridgehead atoms. The number of hydrogen-bond donors (Lipinski definition) is 3. The number of halogens is 3. The first-order valence-electron chi connectivity index (χ1n) is 6.09. The van der Waals surface area contributed by atoms with Gasteiger partial charge in [0.25, 0.3) is 0 Å². The molecule has 118 valence electrons. The minimum atomic E-state index is -4.65. The van der Waals surface area contributed by atoms with Crippen LogP contribution in [-0.4, -0.2) is 16.8 Å². The van der Waals surface area contributed by atoms with E-state index in [0.717, 1.165) is 12.1 Å². The van der Waals surface area contributed by atoms with Crippen molar-refractivity contribution in [2.75, 3.05) is 5.73 Å². The lowest BCUT2D eigenvalue weighted by atomic mass is 10.2. The minimum Gasteiger partial charge on any atom is -0.430 e. The number of nitrogens with two attached hydrogens (primary N) is 1. The summed E-state index contributed by atoms with van der Waals surface area (Å²) >= 11 is 0. The van der Waals surface area contributed by atoms with Crippen LogP contribution in [0.5, 0.6) is 0 Å². The summed E-state index contributed by atoms with van der Waals surface area (Å²) in [5.74, 6) is -1.79. The van der Waals surface area contributed by atoms with Crippen LogP contribution < -0.4 is 16.6 Å². The van der Waals surface area contributed by atoms with Gasteiger partial charge in [-0.25, -0.2) is 4.98 Å². The summed E-state index contributed by atoms with van der Waals surface area (Å²) < 4.78 is 42.7. The van der Waals surface area contributed by atoms with Gasteiger partial charge in [0.1, 0.15) is 5.69 Å². The number of nitrogens with zero attached hydrogens (tertiary/aromatic N) is 1. The van der Waals surface area contributed by atoms with Crippen LogP contribution in [0.15, 0.2) is 16.5 Å². The summed E-state index contributed by atoms with van der Waals surface area (Å²) in [5, 5.41) is 0.0694. The molecule has 22 heavy (non-hydrogen) atoms. The van der Waals surface area contributed by atoms with Crippen molar-refractivity contribution in [1.29, 1.82) is 0 Å². The number of carbonyl (C=O) groups is 2. The van der Waals surface area contributed by atoms with Gasteiger partial charge in [-0.05, 0) is 12.1 Å². The maximum Gasteiger partial charge on any atom is 0.433 e. The normalized spacial score (nSPS) is 11.5. The molecule has 0 atom stereocenters. The van der Waals surface area contributed by atoms with E-state index in [9.17, 15) is 22.8 Å². The fraction of sp³-hybridized carbons (Fsp3) is 0.250. The second-order valence-electron chi connectivity index (χ2n) is 4.25. The highest BCUT2D eigenvalue weighted by molar-refractivity contribution is 6.05. The third kappa shape index (κ3) is 2.95. The first-order valence-corrected chi connectivity index (χ1v) is 6.09. The Hall–Kier alpha value is -2.78. The lowest BCUT2D eigenvalue weighted by molar-refractivity contribution is -0.141. The second kappa shape index (κ2) is 5.54. The third-order valence-corrected chi connectivity index (χ3v) is 2.73. The quantitative estimate of drug-likeness (QED) is 0.729. The minimum absolute atomic E-state index is 0.0694. The van der Waals surface area contributed by atoms with E-state index < -0.39 is 35.2 Å². The Bertz CT molecular complexity index is 739. The van der Waals surface area contributed by atoms with E-state index in [1.807, 2.05) is 5.43 Å². The van der Waals surface area contributed by atoms with Gasteiger partial charge in [-0.15, -0.1) is 0 Å². The fourth-order valence-electron chi connectivity index (χ4n) is 1.60. The zero-order chi connectivity index (χ0) is 16.5. The Kier molecular flexibility index (Phi) is 3.93. The van der Waals surface area contributed by atoms with Crippen LogP contribution in [0.1, 0.15) is 29.6 Å². The number of furan rings is 1. The number of anilines is 1. The summed E-state index contributed by atoms with van der Waals surface area (Å²) in [6.45, 7) is 1.57. The molecule has 2 aromatic rings. The van der Waals surface area contributed by atoms with Gasteiger partial charge in [0.05, 0.1) is 11.1 Å². The number of nitrogens with one attached hydrogen (secondary N) is 2. The van der Waals surface area contributed by atoms with Crippen LogP contribution in [0.3, 0.4) is 0 Å². The van der Waals surface area contributed by atoms with Crippen molar-refractivity contribution < 1.29 is 27.2 Å². The molecule has 0 fully saturated rings. The highest BCUT2D eigenvalue weighted by Crippen LogP contribution is 2.32. The molecule has 0 unspecified atom stereocenters. The maximum atomic E-state index is 12.6. The highest BCUT2D eigenvalue weighted by Gasteiger charge is 2.33. The molecule has 0 spiro atoms. The van der Waals surface area contributed by atoms with Crippen LogP contribution >= 0.6 is 0 Å². The zero-order valence-electron chi connectivity index (χ0n) is 11.2. The van der Waals surface area contributed by atoms with Crippen molar-refractivity contribution in [2.24, 2.45) is 0 Å². The fourth-order valence-corrected chi connectivity index (χ4v) is 1.60. The Morgan fingerprint density at radius 3 is 2.59 bits per heavy atom. The molecule has 0 aliphatic carbocycles. The van der Waals surface area contributed by atoms with Crippen molar-refractivity contribution in [3.63, 3.8) is 0 Å². The molecular weight excluding hydrogens is 305 g/mol. The molecule has 4 N–H and O–H groups in total. The van der Waals surface area contributed by atoms with E-state index in [2.05, 4.69) is 10.4 Å². The van der Waals surface area contributed by atoms with Crippen LogP contribution in [0.2, 0.25) is 0 Å². The van der Waals surface area contributed by atoms with E-state index in [0.29, 0.717) is 0 Å². The Labute approximate surface area is 121 Å². The molecule has 7 nitrogen and oxygen atoms in total. The van der Waals surface area contributed by atoms with Crippen LogP contribution in [0.25, 0.3) is 11.1 Å². The second-order valence-corrected chi connectivity index (χ2v) is 4.25. The van der Waals surface area contributed by atoms with Crippen molar-refractivity contribution in [2.45, 2.75) is 19.5 Å². The van der Waals surface area contributed by atoms with E-state index in [1.165, 1.54) is 0 Å². The van der Waals surface area contributed by atoms with E-state index >= 15 is 0 Å². The average Bonchev–Trinajstić information content (AvgIpc) is 2.80. The molecule has 2 rings (SSSR count). The van der Waals surface area contributed by atoms with Gasteiger partial charge in [-0.3, -0.25) is 20.4 Å². The summed E-state index contributed by atoms with van der Waals surface area (Å²) in [7, 11) is 0. The first-order chi connectivity index (χ1) is 10.2. The van der Waals surface area contributed by atoms with Gasteiger partial charge < -0.3 is 10.2 Å². The zero-order valence-corrected chi connectivity index (χ0v) is 11.2. The standard InChI is InChI=1S/C12H11F3N4O3/c1-2-7(20)18-19-10(21)9-8(16)5-3-4-6(12(13,14)15)17-11(5)22-9/h3-4H,2,16H2,1H3,(H,18,20)(H,19,21).